The first kappa shape index (κ1) is 50.2. The highest BCUT2D eigenvalue weighted by Crippen LogP contribution is 2.13. The molecule has 0 aromatic rings. The third-order valence-corrected chi connectivity index (χ3v) is 9.17. The summed E-state index contributed by atoms with van der Waals surface area (Å²) < 4.78 is 12.8. The van der Waals surface area contributed by atoms with Gasteiger partial charge in [-0.3, -0.25) is 9.59 Å². The second-order valence-electron chi connectivity index (χ2n) is 14.8. The predicted molar refractivity (Wildman–Crippen MR) is 188 cm³/mol. The molecule has 0 saturated heterocycles. The lowest BCUT2D eigenvalue weighted by Crippen LogP contribution is -3.00. The van der Waals surface area contributed by atoms with Gasteiger partial charge in [0, 0.05) is 12.8 Å². The van der Waals surface area contributed by atoms with Crippen LogP contribution >= 0.6 is 0 Å². The molecule has 0 radical (unpaired) electrons. The number of ether oxygens (including phenoxy) is 2. The quantitative estimate of drug-likeness (QED) is 0.0580. The largest absolute Gasteiger partial charge is 1.00 e. The molecule has 0 fully saturated rings. The topological polar surface area (TPSA) is 52.6 Å². The van der Waals surface area contributed by atoms with E-state index in [-0.39, 0.29) is 45.9 Å². The van der Waals surface area contributed by atoms with Gasteiger partial charge in [0.15, 0.2) is 0 Å². The SMILES string of the molecule is CCCCCCCCCCCC[N+](C)(C)CCOC(=O)CCCCC(=O)OCC[N+](C)(C)CCCCCCCCCCCC.[Br-].[Br-]. The van der Waals surface area contributed by atoms with Crippen LogP contribution in [0.15, 0.2) is 0 Å². The summed E-state index contributed by atoms with van der Waals surface area (Å²) in [6, 6.07) is 0. The van der Waals surface area contributed by atoms with Crippen LogP contribution in [0.4, 0.5) is 0 Å². The Bertz CT molecular complexity index is 621. The van der Waals surface area contributed by atoms with Gasteiger partial charge in [-0.1, -0.05) is 117 Å². The lowest BCUT2D eigenvalue weighted by molar-refractivity contribution is -0.890. The van der Waals surface area contributed by atoms with E-state index in [4.69, 9.17) is 9.47 Å². The normalized spacial score (nSPS) is 11.5. The minimum absolute atomic E-state index is 0. The molecule has 6 nitrogen and oxygen atoms in total. The van der Waals surface area contributed by atoms with Gasteiger partial charge in [0.25, 0.3) is 0 Å². The van der Waals surface area contributed by atoms with Gasteiger partial charge < -0.3 is 52.4 Å². The van der Waals surface area contributed by atoms with Crippen molar-refractivity contribution in [2.24, 2.45) is 0 Å². The van der Waals surface area contributed by atoms with E-state index in [0.29, 0.717) is 38.9 Å². The number of likely N-dealkylation sites (N-methyl/N-ethyl adjacent to an activating group) is 2. The Kier molecular flexibility index (Phi) is 37.8. The van der Waals surface area contributed by atoms with Crippen LogP contribution in [0.5, 0.6) is 0 Å². The van der Waals surface area contributed by atoms with E-state index in [2.05, 4.69) is 42.0 Å². The summed E-state index contributed by atoms with van der Waals surface area (Å²) in [6.07, 6.45) is 29.2. The first-order valence-electron chi connectivity index (χ1n) is 19.1. The lowest BCUT2D eigenvalue weighted by atomic mass is 10.1. The van der Waals surface area contributed by atoms with Gasteiger partial charge in [-0.2, -0.15) is 0 Å². The van der Waals surface area contributed by atoms with Gasteiger partial charge >= 0.3 is 11.9 Å². The molecule has 0 bridgehead atoms. The minimum atomic E-state index is -0.150. The van der Waals surface area contributed by atoms with Crippen molar-refractivity contribution in [1.29, 1.82) is 0 Å². The van der Waals surface area contributed by atoms with Crippen molar-refractivity contribution in [1.82, 2.24) is 0 Å². The molecule has 0 aromatic carbocycles. The van der Waals surface area contributed by atoms with E-state index < -0.39 is 0 Å². The van der Waals surface area contributed by atoms with Gasteiger partial charge in [-0.15, -0.1) is 0 Å². The van der Waals surface area contributed by atoms with E-state index in [1.807, 2.05) is 0 Å². The average molecular weight is 787 g/mol. The summed E-state index contributed by atoms with van der Waals surface area (Å²) in [5, 5.41) is 0. The summed E-state index contributed by atoms with van der Waals surface area (Å²) in [6.45, 7) is 9.45. The Morgan fingerprint density at radius 1 is 0.391 bits per heavy atom. The number of hydrogen-bond acceptors (Lipinski definition) is 4. The van der Waals surface area contributed by atoms with Gasteiger partial charge in [0.1, 0.15) is 26.3 Å². The minimum Gasteiger partial charge on any atom is -1.00 e. The van der Waals surface area contributed by atoms with Crippen LogP contribution in [-0.2, 0) is 19.1 Å². The van der Waals surface area contributed by atoms with E-state index in [9.17, 15) is 9.59 Å². The number of carbonyl (C=O) groups is 2. The maximum Gasteiger partial charge on any atom is 0.305 e. The zero-order valence-electron chi connectivity index (χ0n) is 31.5. The molecule has 0 unspecified atom stereocenters. The fraction of sp³-hybridized carbons (Fsp3) is 0.947. The summed E-state index contributed by atoms with van der Waals surface area (Å²) >= 11 is 0. The van der Waals surface area contributed by atoms with Crippen LogP contribution in [0, 0.1) is 0 Å². The van der Waals surface area contributed by atoms with Gasteiger partial charge in [-0.05, 0) is 38.5 Å². The molecule has 0 rings (SSSR count). The highest BCUT2D eigenvalue weighted by atomic mass is 79.9. The maximum atomic E-state index is 12.2. The summed E-state index contributed by atoms with van der Waals surface area (Å²) in [5.74, 6) is -0.299. The Morgan fingerprint density at radius 2 is 0.652 bits per heavy atom. The first-order chi connectivity index (χ1) is 21.1. The number of rotatable bonds is 33. The van der Waals surface area contributed by atoms with Crippen LogP contribution in [0.25, 0.3) is 0 Å². The van der Waals surface area contributed by atoms with Crippen LogP contribution in [0.1, 0.15) is 168 Å². The van der Waals surface area contributed by atoms with Gasteiger partial charge in [0.2, 0.25) is 0 Å². The second-order valence-corrected chi connectivity index (χ2v) is 14.8. The van der Waals surface area contributed by atoms with E-state index in [0.717, 1.165) is 35.1 Å². The Hall–Kier alpha value is -0.180. The molecular formula is C38H78Br2N2O4. The lowest BCUT2D eigenvalue weighted by Gasteiger charge is -2.29. The smallest absolute Gasteiger partial charge is 0.305 e. The molecule has 0 N–H and O–H groups in total. The monoisotopic (exact) mass is 784 g/mol. The average Bonchev–Trinajstić information content (AvgIpc) is 2.97. The third-order valence-electron chi connectivity index (χ3n) is 9.17. The molecule has 0 atom stereocenters. The number of carbonyl (C=O) groups excluding carboxylic acids is 2. The molecule has 0 saturated carbocycles. The second kappa shape index (κ2) is 34.7. The summed E-state index contributed by atoms with van der Waals surface area (Å²) in [7, 11) is 8.91. The van der Waals surface area contributed by atoms with Crippen molar-refractivity contribution >= 4 is 11.9 Å². The molecule has 8 heteroatoms. The highest BCUT2D eigenvalue weighted by molar-refractivity contribution is 5.70. The van der Waals surface area contributed by atoms with Crippen LogP contribution < -0.4 is 34.0 Å². The zero-order valence-corrected chi connectivity index (χ0v) is 34.7. The Labute approximate surface area is 308 Å². The molecule has 0 spiro atoms. The Morgan fingerprint density at radius 3 is 0.935 bits per heavy atom. The number of unbranched alkanes of at least 4 members (excludes halogenated alkanes) is 19. The highest BCUT2D eigenvalue weighted by Gasteiger charge is 2.17. The van der Waals surface area contributed by atoms with Gasteiger partial charge in [-0.25, -0.2) is 0 Å². The van der Waals surface area contributed by atoms with Crippen LogP contribution in [0.2, 0.25) is 0 Å². The molecule has 0 amide bonds. The third kappa shape index (κ3) is 36.7. The number of hydrogen-bond donors (Lipinski definition) is 0. The van der Waals surface area contributed by atoms with E-state index in [1.165, 1.54) is 128 Å². The van der Waals surface area contributed by atoms with Crippen LogP contribution in [0.3, 0.4) is 0 Å². The van der Waals surface area contributed by atoms with Crippen molar-refractivity contribution in [3.63, 3.8) is 0 Å². The maximum absolute atomic E-state index is 12.2. The Balaban J connectivity index is -0.00000924. The molecule has 0 aliphatic carbocycles. The number of halogens is 2. The van der Waals surface area contributed by atoms with Gasteiger partial charge in [0.05, 0.1) is 41.3 Å². The summed E-state index contributed by atoms with van der Waals surface area (Å²) in [4.78, 5) is 24.3. The van der Waals surface area contributed by atoms with Crippen molar-refractivity contribution < 1.29 is 62.0 Å². The van der Waals surface area contributed by atoms with E-state index >= 15 is 0 Å². The van der Waals surface area contributed by atoms with E-state index in [1.54, 1.807) is 0 Å². The van der Waals surface area contributed by atoms with Crippen molar-refractivity contribution in [3.8, 4) is 0 Å². The van der Waals surface area contributed by atoms with Crippen molar-refractivity contribution in [2.45, 2.75) is 168 Å². The standard InChI is InChI=1S/C38H78N2O4.2BrH/c1-7-9-11-13-15-17-19-21-23-27-31-39(3,4)33-35-43-37(41)29-25-26-30-38(42)44-36-34-40(5,6)32-28-24-22-20-18-16-14-12-10-8-2;;/h7-36H2,1-6H3;2*1H/q+2;;/p-2. The molecule has 0 aliphatic rings. The molecule has 0 aromatic heterocycles. The summed E-state index contributed by atoms with van der Waals surface area (Å²) in [5.41, 5.74) is 0. The van der Waals surface area contributed by atoms with Crippen molar-refractivity contribution in [2.75, 3.05) is 67.6 Å². The molecule has 278 valence electrons. The number of esters is 2. The predicted octanol–water partition coefficient (Wildman–Crippen LogP) is 3.64. The zero-order chi connectivity index (χ0) is 32.8. The fourth-order valence-electron chi connectivity index (χ4n) is 5.77. The molecule has 46 heavy (non-hydrogen) atoms. The first-order valence-corrected chi connectivity index (χ1v) is 19.1. The molecule has 0 aliphatic heterocycles. The number of quaternary nitrogens is 2. The fourth-order valence-corrected chi connectivity index (χ4v) is 5.77. The number of nitrogens with zero attached hydrogens (tertiary/aromatic N) is 2. The van der Waals surface area contributed by atoms with Crippen molar-refractivity contribution in [3.05, 3.63) is 0 Å². The van der Waals surface area contributed by atoms with Crippen LogP contribution in [-0.4, -0.2) is 88.5 Å². The molecular weight excluding hydrogens is 708 g/mol. The molecule has 0 heterocycles.